The van der Waals surface area contributed by atoms with Gasteiger partial charge in [0.25, 0.3) is 0 Å². The van der Waals surface area contributed by atoms with Crippen LogP contribution in [0.1, 0.15) is 19.4 Å². The lowest BCUT2D eigenvalue weighted by Gasteiger charge is -2.20. The van der Waals surface area contributed by atoms with Crippen molar-refractivity contribution in [3.05, 3.63) is 35.9 Å². The van der Waals surface area contributed by atoms with Crippen LogP contribution >= 0.6 is 11.8 Å². The Bertz CT molecular complexity index is 470. The number of hydrogen-bond donors (Lipinski definition) is 0. The molecule has 0 saturated heterocycles. The number of thioether (sulfide) groups is 1. The maximum absolute atomic E-state index is 2.36. The fourth-order valence-electron chi connectivity index (χ4n) is 2.24. The lowest BCUT2D eigenvalue weighted by Crippen LogP contribution is -2.21. The first-order valence-corrected chi connectivity index (χ1v) is 7.97. The third-order valence-electron chi connectivity index (χ3n) is 3.49. The van der Waals surface area contributed by atoms with Crippen LogP contribution in [-0.4, -0.2) is 42.1 Å². The Morgan fingerprint density at radius 1 is 1.16 bits per heavy atom. The van der Waals surface area contributed by atoms with E-state index in [-0.39, 0.29) is 0 Å². The molecule has 0 unspecified atom stereocenters. The molecule has 0 bridgehead atoms. The summed E-state index contributed by atoms with van der Waals surface area (Å²) in [5.74, 6) is 1.21. The van der Waals surface area contributed by atoms with E-state index in [1.54, 1.807) is 0 Å². The van der Waals surface area contributed by atoms with E-state index in [0.717, 1.165) is 19.6 Å². The normalized spacial score (nSPS) is 15.5. The van der Waals surface area contributed by atoms with Crippen LogP contribution in [0.5, 0.6) is 0 Å². The molecular weight excluding hydrogens is 252 g/mol. The minimum atomic E-state index is 1.06. The van der Waals surface area contributed by atoms with Crippen molar-refractivity contribution in [2.24, 2.45) is 0 Å². The zero-order valence-electron chi connectivity index (χ0n) is 12.1. The molecule has 1 aliphatic rings. The second-order valence-electron chi connectivity index (χ2n) is 4.71. The number of nitrogens with zero attached hydrogens (tertiary/aromatic N) is 2. The van der Waals surface area contributed by atoms with Crippen molar-refractivity contribution < 1.29 is 4.58 Å². The standard InChI is InChI=1S/C16H23N2S/c1-4-18(5-2)15-9-6-14(7-10-15)8-11-16-17(3)12-13-19-16/h6-11H,4-5,12-13H2,1-3H3/q+1. The SMILES string of the molecule is CCN(CC)c1ccc(/C=C/C2=[N+](C)CCS2)cc1. The van der Waals surface area contributed by atoms with E-state index in [2.05, 4.69) is 66.8 Å². The molecule has 2 nitrogen and oxygen atoms in total. The summed E-state index contributed by atoms with van der Waals surface area (Å²) < 4.78 is 2.31. The Labute approximate surface area is 120 Å². The van der Waals surface area contributed by atoms with E-state index >= 15 is 0 Å². The minimum absolute atomic E-state index is 1.06. The maximum atomic E-state index is 2.36. The Morgan fingerprint density at radius 2 is 1.84 bits per heavy atom. The zero-order chi connectivity index (χ0) is 13.7. The smallest absolute Gasteiger partial charge is 0.234 e. The fraction of sp³-hybridized carbons (Fsp3) is 0.438. The molecular formula is C16H23N2S+. The van der Waals surface area contributed by atoms with Crippen molar-refractivity contribution in [3.8, 4) is 0 Å². The number of rotatable bonds is 5. The van der Waals surface area contributed by atoms with Crippen LogP contribution in [0.15, 0.2) is 30.3 Å². The van der Waals surface area contributed by atoms with Crippen LogP contribution in [0.2, 0.25) is 0 Å². The van der Waals surface area contributed by atoms with E-state index < -0.39 is 0 Å². The van der Waals surface area contributed by atoms with Gasteiger partial charge in [-0.3, -0.25) is 0 Å². The summed E-state index contributed by atoms with van der Waals surface area (Å²) in [5.41, 5.74) is 2.58. The molecule has 19 heavy (non-hydrogen) atoms. The second kappa shape index (κ2) is 6.80. The molecule has 3 heteroatoms. The molecule has 102 valence electrons. The van der Waals surface area contributed by atoms with Gasteiger partial charge in [-0.1, -0.05) is 23.9 Å². The van der Waals surface area contributed by atoms with Crippen molar-refractivity contribution in [2.45, 2.75) is 13.8 Å². The van der Waals surface area contributed by atoms with Gasteiger partial charge in [-0.25, -0.2) is 4.58 Å². The highest BCUT2D eigenvalue weighted by atomic mass is 32.2. The third kappa shape index (κ3) is 3.63. The highest BCUT2D eigenvalue weighted by Crippen LogP contribution is 2.17. The lowest BCUT2D eigenvalue weighted by atomic mass is 10.2. The average Bonchev–Trinajstić information content (AvgIpc) is 2.85. The predicted octanol–water partition coefficient (Wildman–Crippen LogP) is 3.33. The van der Waals surface area contributed by atoms with Gasteiger partial charge in [0, 0.05) is 24.9 Å². The Hall–Kier alpha value is -1.22. The van der Waals surface area contributed by atoms with E-state index in [1.165, 1.54) is 22.0 Å². The lowest BCUT2D eigenvalue weighted by molar-refractivity contribution is -0.485. The summed E-state index contributed by atoms with van der Waals surface area (Å²) in [4.78, 5) is 2.36. The highest BCUT2D eigenvalue weighted by molar-refractivity contribution is 8.14. The minimum Gasteiger partial charge on any atom is -0.372 e. The van der Waals surface area contributed by atoms with Gasteiger partial charge in [-0.05, 0) is 37.6 Å². The molecule has 0 spiro atoms. The van der Waals surface area contributed by atoms with Gasteiger partial charge in [-0.2, -0.15) is 0 Å². The van der Waals surface area contributed by atoms with Crippen molar-refractivity contribution in [1.29, 1.82) is 0 Å². The van der Waals surface area contributed by atoms with Crippen molar-refractivity contribution in [3.63, 3.8) is 0 Å². The van der Waals surface area contributed by atoms with Crippen LogP contribution in [0, 0.1) is 0 Å². The first-order chi connectivity index (χ1) is 9.24. The molecule has 1 aliphatic heterocycles. The van der Waals surface area contributed by atoms with Crippen molar-refractivity contribution in [1.82, 2.24) is 0 Å². The van der Waals surface area contributed by atoms with Crippen LogP contribution in [-0.2, 0) is 0 Å². The molecule has 1 heterocycles. The molecule has 0 aliphatic carbocycles. The van der Waals surface area contributed by atoms with E-state index in [0.29, 0.717) is 0 Å². The molecule has 2 rings (SSSR count). The van der Waals surface area contributed by atoms with Gasteiger partial charge < -0.3 is 4.90 Å². The van der Waals surface area contributed by atoms with Crippen LogP contribution in [0.3, 0.4) is 0 Å². The topological polar surface area (TPSA) is 6.25 Å². The quantitative estimate of drug-likeness (QED) is 0.760. The van der Waals surface area contributed by atoms with Crippen molar-refractivity contribution in [2.75, 3.05) is 37.3 Å². The largest absolute Gasteiger partial charge is 0.372 e. The summed E-state index contributed by atoms with van der Waals surface area (Å²) in [6, 6.07) is 8.82. The summed E-state index contributed by atoms with van der Waals surface area (Å²) in [6.07, 6.45) is 4.43. The van der Waals surface area contributed by atoms with Crippen molar-refractivity contribution >= 4 is 28.6 Å². The van der Waals surface area contributed by atoms with Gasteiger partial charge in [0.2, 0.25) is 5.04 Å². The second-order valence-corrected chi connectivity index (χ2v) is 5.82. The summed E-state index contributed by atoms with van der Waals surface area (Å²) in [7, 11) is 2.16. The fourth-order valence-corrected chi connectivity index (χ4v) is 3.29. The predicted molar refractivity (Wildman–Crippen MR) is 87.6 cm³/mol. The first-order valence-electron chi connectivity index (χ1n) is 6.98. The van der Waals surface area contributed by atoms with Gasteiger partial charge in [0.1, 0.15) is 7.05 Å². The molecule has 0 aromatic heterocycles. The molecule has 0 fully saturated rings. The van der Waals surface area contributed by atoms with E-state index in [9.17, 15) is 0 Å². The maximum Gasteiger partial charge on any atom is 0.234 e. The third-order valence-corrected chi connectivity index (χ3v) is 4.62. The molecule has 1 aromatic carbocycles. The number of anilines is 1. The Morgan fingerprint density at radius 3 is 2.37 bits per heavy atom. The summed E-state index contributed by atoms with van der Waals surface area (Å²) in [6.45, 7) is 7.67. The van der Waals surface area contributed by atoms with Gasteiger partial charge >= 0.3 is 0 Å². The average molecular weight is 275 g/mol. The van der Waals surface area contributed by atoms with Crippen LogP contribution in [0.25, 0.3) is 6.08 Å². The van der Waals surface area contributed by atoms with Gasteiger partial charge in [-0.15, -0.1) is 0 Å². The monoisotopic (exact) mass is 275 g/mol. The van der Waals surface area contributed by atoms with Gasteiger partial charge in [0.05, 0.1) is 5.75 Å². The van der Waals surface area contributed by atoms with E-state index in [1.807, 2.05) is 11.8 Å². The molecule has 1 aromatic rings. The number of benzene rings is 1. The highest BCUT2D eigenvalue weighted by Gasteiger charge is 2.15. The molecule has 0 radical (unpaired) electrons. The summed E-state index contributed by atoms with van der Waals surface area (Å²) in [5, 5.41) is 1.37. The van der Waals surface area contributed by atoms with Crippen LogP contribution < -0.4 is 4.90 Å². The summed E-state index contributed by atoms with van der Waals surface area (Å²) >= 11 is 1.93. The Balaban J connectivity index is 2.06. The molecule has 0 amide bonds. The first kappa shape index (κ1) is 14.2. The van der Waals surface area contributed by atoms with Crippen LogP contribution in [0.4, 0.5) is 5.69 Å². The molecule has 0 atom stereocenters. The Kier molecular flexibility index (Phi) is 5.08. The van der Waals surface area contributed by atoms with Gasteiger partial charge in [0.15, 0.2) is 6.54 Å². The molecule has 0 N–H and O–H groups in total. The zero-order valence-corrected chi connectivity index (χ0v) is 12.9. The van der Waals surface area contributed by atoms with E-state index in [4.69, 9.17) is 0 Å². The molecule has 0 saturated carbocycles. The number of hydrogen-bond acceptors (Lipinski definition) is 2.